The van der Waals surface area contributed by atoms with Crippen LogP contribution in [0.5, 0.6) is 0 Å². The molecular weight excluding hydrogens is 239 g/mol. The minimum absolute atomic E-state index is 0.275. The molecule has 0 aliphatic heterocycles. The molecule has 3 rings (SSSR count). The van der Waals surface area contributed by atoms with Crippen molar-refractivity contribution in [3.05, 3.63) is 66.1 Å². The van der Waals surface area contributed by atoms with Crippen LogP contribution in [-0.2, 0) is 0 Å². The van der Waals surface area contributed by atoms with Crippen molar-refractivity contribution < 1.29 is 4.39 Å². The molecule has 1 heterocycles. The van der Waals surface area contributed by atoms with Crippen LogP contribution in [0.2, 0.25) is 0 Å². The van der Waals surface area contributed by atoms with Gasteiger partial charge in [-0.25, -0.2) is 4.39 Å². The second-order valence-electron chi connectivity index (χ2n) is 4.25. The van der Waals surface area contributed by atoms with Gasteiger partial charge in [-0.15, -0.1) is 0 Å². The summed E-state index contributed by atoms with van der Waals surface area (Å²) >= 11 is 0. The van der Waals surface area contributed by atoms with Crippen LogP contribution in [0.1, 0.15) is 5.56 Å². The first-order chi connectivity index (χ1) is 9.26. The number of nitrogens with zero attached hydrogens (tertiary/aromatic N) is 2. The van der Waals surface area contributed by atoms with Crippen LogP contribution in [0.25, 0.3) is 22.0 Å². The largest absolute Gasteiger partial charge is 0.256 e. The number of benzene rings is 2. The maximum Gasteiger partial charge on any atom is 0.123 e. The van der Waals surface area contributed by atoms with Crippen LogP contribution in [0, 0.1) is 17.1 Å². The molecule has 0 amide bonds. The molecule has 0 bridgehead atoms. The lowest BCUT2D eigenvalue weighted by Gasteiger charge is -2.04. The van der Waals surface area contributed by atoms with E-state index in [2.05, 4.69) is 11.1 Å². The van der Waals surface area contributed by atoms with Gasteiger partial charge in [0.1, 0.15) is 5.82 Å². The van der Waals surface area contributed by atoms with Gasteiger partial charge < -0.3 is 0 Å². The van der Waals surface area contributed by atoms with Crippen molar-refractivity contribution in [1.29, 1.82) is 5.26 Å². The summed E-state index contributed by atoms with van der Waals surface area (Å²) in [6.45, 7) is 0. The molecule has 0 saturated heterocycles. The minimum Gasteiger partial charge on any atom is -0.256 e. The highest BCUT2D eigenvalue weighted by Gasteiger charge is 2.03. The number of hydrogen-bond donors (Lipinski definition) is 0. The van der Waals surface area contributed by atoms with Gasteiger partial charge in [0.25, 0.3) is 0 Å². The highest BCUT2D eigenvalue weighted by atomic mass is 19.1. The van der Waals surface area contributed by atoms with E-state index in [4.69, 9.17) is 5.26 Å². The van der Waals surface area contributed by atoms with Crippen LogP contribution in [0.3, 0.4) is 0 Å². The molecule has 0 radical (unpaired) electrons. The Labute approximate surface area is 109 Å². The zero-order chi connectivity index (χ0) is 13.2. The lowest BCUT2D eigenvalue weighted by atomic mass is 10.0. The Morgan fingerprint density at radius 2 is 1.89 bits per heavy atom. The van der Waals surface area contributed by atoms with Gasteiger partial charge in [0.15, 0.2) is 0 Å². The van der Waals surface area contributed by atoms with Crippen molar-refractivity contribution in [3.63, 3.8) is 0 Å². The third-order valence-corrected chi connectivity index (χ3v) is 2.97. The molecule has 0 atom stereocenters. The third kappa shape index (κ3) is 2.16. The van der Waals surface area contributed by atoms with Crippen LogP contribution >= 0.6 is 0 Å². The molecule has 1 aromatic heterocycles. The van der Waals surface area contributed by atoms with Gasteiger partial charge in [-0.1, -0.05) is 12.1 Å². The fraction of sp³-hybridized carbons (Fsp3) is 0. The SMILES string of the molecule is N#Cc1ccc2ncc(-c3cccc(F)c3)cc2c1. The van der Waals surface area contributed by atoms with E-state index in [0.29, 0.717) is 5.56 Å². The van der Waals surface area contributed by atoms with Crippen molar-refractivity contribution >= 4 is 10.9 Å². The monoisotopic (exact) mass is 248 g/mol. The van der Waals surface area contributed by atoms with Crippen molar-refractivity contribution in [2.24, 2.45) is 0 Å². The molecule has 0 fully saturated rings. The van der Waals surface area contributed by atoms with E-state index in [-0.39, 0.29) is 5.82 Å². The Morgan fingerprint density at radius 3 is 2.68 bits per heavy atom. The van der Waals surface area contributed by atoms with E-state index >= 15 is 0 Å². The summed E-state index contributed by atoms with van der Waals surface area (Å²) in [6, 6.07) is 15.7. The smallest absolute Gasteiger partial charge is 0.123 e. The van der Waals surface area contributed by atoms with Crippen LogP contribution in [-0.4, -0.2) is 4.98 Å². The number of rotatable bonds is 1. The first-order valence-corrected chi connectivity index (χ1v) is 5.82. The number of aromatic nitrogens is 1. The summed E-state index contributed by atoms with van der Waals surface area (Å²) in [6.07, 6.45) is 1.71. The number of fused-ring (bicyclic) bond motifs is 1. The lowest BCUT2D eigenvalue weighted by Crippen LogP contribution is -1.85. The summed E-state index contributed by atoms with van der Waals surface area (Å²) in [4.78, 5) is 4.33. The second kappa shape index (κ2) is 4.51. The van der Waals surface area contributed by atoms with E-state index < -0.39 is 0 Å². The zero-order valence-electron chi connectivity index (χ0n) is 9.97. The maximum atomic E-state index is 13.2. The lowest BCUT2D eigenvalue weighted by molar-refractivity contribution is 0.628. The predicted octanol–water partition coefficient (Wildman–Crippen LogP) is 3.91. The highest BCUT2D eigenvalue weighted by molar-refractivity contribution is 5.84. The number of pyridine rings is 1. The molecule has 19 heavy (non-hydrogen) atoms. The molecule has 3 aromatic rings. The quantitative estimate of drug-likeness (QED) is 0.654. The van der Waals surface area contributed by atoms with Crippen molar-refractivity contribution in [1.82, 2.24) is 4.98 Å². The molecule has 90 valence electrons. The topological polar surface area (TPSA) is 36.7 Å². The molecule has 0 unspecified atom stereocenters. The van der Waals surface area contributed by atoms with Crippen LogP contribution in [0.15, 0.2) is 54.7 Å². The number of hydrogen-bond acceptors (Lipinski definition) is 2. The number of nitriles is 1. The summed E-state index contributed by atoms with van der Waals surface area (Å²) in [5.74, 6) is -0.275. The fourth-order valence-corrected chi connectivity index (χ4v) is 2.03. The molecular formula is C16H9FN2. The van der Waals surface area contributed by atoms with Gasteiger partial charge in [-0.3, -0.25) is 4.98 Å². The molecule has 2 nitrogen and oxygen atoms in total. The summed E-state index contributed by atoms with van der Waals surface area (Å²) in [5, 5.41) is 9.78. The normalized spacial score (nSPS) is 10.3. The zero-order valence-corrected chi connectivity index (χ0v) is 9.97. The second-order valence-corrected chi connectivity index (χ2v) is 4.25. The van der Waals surface area contributed by atoms with Gasteiger partial charge >= 0.3 is 0 Å². The number of halogens is 1. The Morgan fingerprint density at radius 1 is 1.00 bits per heavy atom. The van der Waals surface area contributed by atoms with Crippen LogP contribution in [0.4, 0.5) is 4.39 Å². The molecule has 0 spiro atoms. The van der Waals surface area contributed by atoms with Crippen molar-refractivity contribution in [3.8, 4) is 17.2 Å². The van der Waals surface area contributed by atoms with E-state index in [1.54, 1.807) is 24.4 Å². The van der Waals surface area contributed by atoms with E-state index in [1.165, 1.54) is 12.1 Å². The average molecular weight is 248 g/mol. The van der Waals surface area contributed by atoms with Crippen molar-refractivity contribution in [2.45, 2.75) is 0 Å². The molecule has 0 N–H and O–H groups in total. The van der Waals surface area contributed by atoms with Gasteiger partial charge in [-0.05, 0) is 42.0 Å². The van der Waals surface area contributed by atoms with Crippen LogP contribution < -0.4 is 0 Å². The molecule has 0 saturated carbocycles. The highest BCUT2D eigenvalue weighted by Crippen LogP contribution is 2.23. The fourth-order valence-electron chi connectivity index (χ4n) is 2.03. The first-order valence-electron chi connectivity index (χ1n) is 5.82. The third-order valence-electron chi connectivity index (χ3n) is 2.97. The summed E-state index contributed by atoms with van der Waals surface area (Å²) in [7, 11) is 0. The Hall–Kier alpha value is -2.73. The standard InChI is InChI=1S/C16H9FN2/c17-15-3-1-2-12(8-15)14-7-13-6-11(9-18)4-5-16(13)19-10-14/h1-8,10H. The van der Waals surface area contributed by atoms with E-state index in [9.17, 15) is 4.39 Å². The molecule has 0 aliphatic carbocycles. The van der Waals surface area contributed by atoms with Gasteiger partial charge in [0, 0.05) is 17.1 Å². The molecule has 2 aromatic carbocycles. The summed E-state index contributed by atoms with van der Waals surface area (Å²) < 4.78 is 13.2. The molecule has 3 heteroatoms. The molecule has 0 aliphatic rings. The minimum atomic E-state index is -0.275. The Bertz CT molecular complexity index is 803. The van der Waals surface area contributed by atoms with E-state index in [1.807, 2.05) is 18.2 Å². The summed E-state index contributed by atoms with van der Waals surface area (Å²) in [5.41, 5.74) is 3.02. The first kappa shape index (κ1) is 11.4. The van der Waals surface area contributed by atoms with Crippen molar-refractivity contribution in [2.75, 3.05) is 0 Å². The van der Waals surface area contributed by atoms with Gasteiger partial charge in [-0.2, -0.15) is 5.26 Å². The van der Waals surface area contributed by atoms with E-state index in [0.717, 1.165) is 22.0 Å². The Kier molecular flexibility index (Phi) is 2.70. The Balaban J connectivity index is 2.18. The average Bonchev–Trinajstić information content (AvgIpc) is 2.46. The van der Waals surface area contributed by atoms with Gasteiger partial charge in [0.05, 0.1) is 17.1 Å². The van der Waals surface area contributed by atoms with Gasteiger partial charge in [0.2, 0.25) is 0 Å². The predicted molar refractivity (Wildman–Crippen MR) is 71.9 cm³/mol. The maximum absolute atomic E-state index is 13.2.